The van der Waals surface area contributed by atoms with Crippen LogP contribution in [0.5, 0.6) is 0 Å². The van der Waals surface area contributed by atoms with Crippen molar-refractivity contribution in [3.8, 4) is 0 Å². The molecule has 1 saturated heterocycles. The van der Waals surface area contributed by atoms with E-state index in [4.69, 9.17) is 16.3 Å². The molecule has 1 aromatic rings. The molecule has 1 atom stereocenters. The van der Waals surface area contributed by atoms with Crippen molar-refractivity contribution in [2.75, 3.05) is 6.61 Å². The van der Waals surface area contributed by atoms with Gasteiger partial charge in [0.05, 0.1) is 6.61 Å². The molecule has 0 saturated carbocycles. The molecule has 0 bridgehead atoms. The predicted octanol–water partition coefficient (Wildman–Crippen LogP) is 2.41. The molecule has 0 amide bonds. The molecule has 0 N–H and O–H groups in total. The van der Waals surface area contributed by atoms with E-state index in [0.717, 1.165) is 17.2 Å². The summed E-state index contributed by atoms with van der Waals surface area (Å²) in [5.41, 5.74) is 1.11. The molecule has 10 heavy (non-hydrogen) atoms. The Morgan fingerprint density at radius 2 is 2.10 bits per heavy atom. The van der Waals surface area contributed by atoms with Crippen molar-refractivity contribution < 1.29 is 4.74 Å². The number of halogens is 1. The Morgan fingerprint density at radius 1 is 1.40 bits per heavy atom. The maximum atomic E-state index is 5.88. The zero-order valence-electron chi connectivity index (χ0n) is 5.38. The summed E-state index contributed by atoms with van der Waals surface area (Å²) >= 11 is 5.88. The van der Waals surface area contributed by atoms with Gasteiger partial charge in [0.1, 0.15) is 6.10 Å². The Bertz CT molecular complexity index is 243. The number of epoxide rings is 1. The van der Waals surface area contributed by atoms with Crippen LogP contribution in [0.15, 0.2) is 24.3 Å². The van der Waals surface area contributed by atoms with Crippen LogP contribution >= 0.6 is 11.6 Å². The second-order valence-electron chi connectivity index (χ2n) is 2.34. The first-order chi connectivity index (χ1) is 4.88. The predicted molar refractivity (Wildman–Crippen MR) is 40.1 cm³/mol. The number of hydrogen-bond donors (Lipinski definition) is 0. The summed E-state index contributed by atoms with van der Waals surface area (Å²) in [6, 6.07) is 7.79. The van der Waals surface area contributed by atoms with Crippen molar-refractivity contribution in [3.63, 3.8) is 0 Å². The van der Waals surface area contributed by atoms with Gasteiger partial charge < -0.3 is 4.74 Å². The number of benzene rings is 1. The van der Waals surface area contributed by atoms with Crippen molar-refractivity contribution in [1.29, 1.82) is 0 Å². The molecule has 1 aliphatic rings. The van der Waals surface area contributed by atoms with E-state index in [1.54, 1.807) is 0 Å². The zero-order chi connectivity index (χ0) is 6.97. The van der Waals surface area contributed by atoms with E-state index in [-0.39, 0.29) is 6.10 Å². The van der Waals surface area contributed by atoms with Gasteiger partial charge >= 0.3 is 0 Å². The summed E-state index contributed by atoms with van der Waals surface area (Å²) in [5.74, 6) is 0. The molecule has 0 aliphatic carbocycles. The highest BCUT2D eigenvalue weighted by atomic mass is 35.5. The molecule has 1 aromatic carbocycles. The van der Waals surface area contributed by atoms with Gasteiger partial charge in [0.15, 0.2) is 0 Å². The Hall–Kier alpha value is -0.530. The average molecular weight is 155 g/mol. The summed E-state index contributed by atoms with van der Waals surface area (Å²) in [5, 5.41) is 0.810. The van der Waals surface area contributed by atoms with E-state index >= 15 is 0 Å². The standard InChI is InChI=1S/C8H7ClO/c9-7-4-2-1-3-6(7)8-5-10-8/h1-4,8H,5H2/t8-/m1/s1. The van der Waals surface area contributed by atoms with Crippen molar-refractivity contribution in [2.45, 2.75) is 6.10 Å². The van der Waals surface area contributed by atoms with Crippen LogP contribution in [0.2, 0.25) is 5.02 Å². The molecule has 0 radical (unpaired) electrons. The average Bonchev–Trinajstić information content (AvgIpc) is 2.71. The van der Waals surface area contributed by atoms with E-state index in [0.29, 0.717) is 0 Å². The Labute approximate surface area is 64.6 Å². The molecule has 2 heteroatoms. The van der Waals surface area contributed by atoms with Crippen molar-refractivity contribution in [1.82, 2.24) is 0 Å². The third kappa shape index (κ3) is 1.02. The van der Waals surface area contributed by atoms with E-state index in [2.05, 4.69) is 0 Å². The Kier molecular flexibility index (Phi) is 1.40. The first kappa shape index (κ1) is 6.20. The van der Waals surface area contributed by atoms with Gasteiger partial charge in [-0.3, -0.25) is 0 Å². The molecule has 1 aliphatic heterocycles. The van der Waals surface area contributed by atoms with Gasteiger partial charge in [0.2, 0.25) is 0 Å². The summed E-state index contributed by atoms with van der Waals surface area (Å²) in [6.45, 7) is 0.823. The van der Waals surface area contributed by atoms with Crippen LogP contribution in [-0.4, -0.2) is 6.61 Å². The van der Waals surface area contributed by atoms with E-state index in [9.17, 15) is 0 Å². The van der Waals surface area contributed by atoms with Gasteiger partial charge in [0, 0.05) is 10.6 Å². The van der Waals surface area contributed by atoms with E-state index in [1.165, 1.54) is 0 Å². The van der Waals surface area contributed by atoms with E-state index in [1.807, 2.05) is 24.3 Å². The lowest BCUT2D eigenvalue weighted by Crippen LogP contribution is -1.79. The van der Waals surface area contributed by atoms with Gasteiger partial charge in [-0.2, -0.15) is 0 Å². The first-order valence-electron chi connectivity index (χ1n) is 3.24. The summed E-state index contributed by atoms with van der Waals surface area (Å²) in [7, 11) is 0. The molecule has 1 fully saturated rings. The van der Waals surface area contributed by atoms with Crippen LogP contribution in [0.1, 0.15) is 11.7 Å². The molecule has 1 nitrogen and oxygen atoms in total. The summed E-state index contributed by atoms with van der Waals surface area (Å²) < 4.78 is 5.09. The molecular formula is C8H7ClO. The minimum atomic E-state index is 0.272. The lowest BCUT2D eigenvalue weighted by molar-refractivity contribution is 0.416. The normalized spacial score (nSPS) is 22.7. The maximum absolute atomic E-state index is 5.88. The van der Waals surface area contributed by atoms with Crippen LogP contribution in [0.4, 0.5) is 0 Å². The number of hydrogen-bond acceptors (Lipinski definition) is 1. The summed E-state index contributed by atoms with van der Waals surface area (Å²) in [6.07, 6.45) is 0.272. The molecule has 1 heterocycles. The van der Waals surface area contributed by atoms with Gasteiger partial charge in [-0.1, -0.05) is 29.8 Å². The molecule has 52 valence electrons. The van der Waals surface area contributed by atoms with Crippen molar-refractivity contribution in [3.05, 3.63) is 34.9 Å². The van der Waals surface area contributed by atoms with Crippen LogP contribution in [0.3, 0.4) is 0 Å². The fourth-order valence-electron chi connectivity index (χ4n) is 0.964. The minimum absolute atomic E-state index is 0.272. The topological polar surface area (TPSA) is 12.5 Å². The first-order valence-corrected chi connectivity index (χ1v) is 3.62. The highest BCUT2D eigenvalue weighted by Crippen LogP contribution is 2.34. The lowest BCUT2D eigenvalue weighted by Gasteiger charge is -1.96. The molecule has 0 unspecified atom stereocenters. The van der Waals surface area contributed by atoms with Crippen LogP contribution < -0.4 is 0 Å². The number of ether oxygens (including phenoxy) is 1. The largest absolute Gasteiger partial charge is 0.368 e. The highest BCUT2D eigenvalue weighted by Gasteiger charge is 2.26. The van der Waals surface area contributed by atoms with Gasteiger partial charge in [-0.25, -0.2) is 0 Å². The van der Waals surface area contributed by atoms with Crippen LogP contribution in [-0.2, 0) is 4.74 Å². The van der Waals surface area contributed by atoms with Crippen LogP contribution in [0, 0.1) is 0 Å². The van der Waals surface area contributed by atoms with Gasteiger partial charge in [0.25, 0.3) is 0 Å². The fourth-order valence-corrected chi connectivity index (χ4v) is 1.22. The highest BCUT2D eigenvalue weighted by molar-refractivity contribution is 6.31. The number of rotatable bonds is 1. The second kappa shape index (κ2) is 2.26. The smallest absolute Gasteiger partial charge is 0.107 e. The van der Waals surface area contributed by atoms with Gasteiger partial charge in [-0.15, -0.1) is 0 Å². The third-order valence-corrected chi connectivity index (χ3v) is 1.93. The second-order valence-corrected chi connectivity index (χ2v) is 2.75. The third-order valence-electron chi connectivity index (χ3n) is 1.59. The molecule has 2 rings (SSSR count). The van der Waals surface area contributed by atoms with Crippen molar-refractivity contribution >= 4 is 11.6 Å². The molecular weight excluding hydrogens is 148 g/mol. The molecule has 0 aromatic heterocycles. The quantitative estimate of drug-likeness (QED) is 0.566. The lowest BCUT2D eigenvalue weighted by atomic mass is 10.2. The van der Waals surface area contributed by atoms with Gasteiger partial charge in [-0.05, 0) is 6.07 Å². The van der Waals surface area contributed by atoms with Crippen LogP contribution in [0.25, 0.3) is 0 Å². The maximum Gasteiger partial charge on any atom is 0.107 e. The Morgan fingerprint density at radius 3 is 2.70 bits per heavy atom. The van der Waals surface area contributed by atoms with Crippen molar-refractivity contribution in [2.24, 2.45) is 0 Å². The summed E-state index contributed by atoms with van der Waals surface area (Å²) in [4.78, 5) is 0. The molecule has 0 spiro atoms. The fraction of sp³-hybridized carbons (Fsp3) is 0.250. The monoisotopic (exact) mass is 154 g/mol. The van der Waals surface area contributed by atoms with E-state index < -0.39 is 0 Å². The minimum Gasteiger partial charge on any atom is -0.368 e. The Balaban J connectivity index is 2.39. The SMILES string of the molecule is Clc1ccccc1[C@H]1CO1. The zero-order valence-corrected chi connectivity index (χ0v) is 6.14.